The molecule has 0 radical (unpaired) electrons. The predicted octanol–water partition coefficient (Wildman–Crippen LogP) is -1.41. The number of carbonyl (C=O) groups is 6. The van der Waals surface area contributed by atoms with Gasteiger partial charge in [0.2, 0.25) is 17.7 Å². The maximum Gasteiger partial charge on any atom is 0.326 e. The van der Waals surface area contributed by atoms with Crippen molar-refractivity contribution in [2.45, 2.75) is 76.5 Å². The number of amides is 3. The van der Waals surface area contributed by atoms with Gasteiger partial charge in [-0.15, -0.1) is 0 Å². The minimum Gasteiger partial charge on any atom is -0.481 e. The SMILES string of the molecule is CC(C)CC(NC(=O)C(CCC(=O)O)NC(=O)C(N)CCC(=O)O)C(=O)NC(Cc1cnc[nH]1)C(=O)O. The van der Waals surface area contributed by atoms with Crippen LogP contribution in [0.5, 0.6) is 0 Å². The van der Waals surface area contributed by atoms with Gasteiger partial charge in [-0.05, 0) is 25.2 Å². The van der Waals surface area contributed by atoms with Gasteiger partial charge in [0.05, 0.1) is 12.4 Å². The maximum atomic E-state index is 13.0. The number of hydrogen-bond acceptors (Lipinski definition) is 8. The number of carboxylic acids is 3. The molecular formula is C22H34N6O9. The van der Waals surface area contributed by atoms with Crippen molar-refractivity contribution in [1.82, 2.24) is 25.9 Å². The van der Waals surface area contributed by atoms with Crippen LogP contribution < -0.4 is 21.7 Å². The fraction of sp³-hybridized carbons (Fsp3) is 0.591. The summed E-state index contributed by atoms with van der Waals surface area (Å²) >= 11 is 0. The molecule has 4 atom stereocenters. The minimum atomic E-state index is -1.39. The van der Waals surface area contributed by atoms with Crippen molar-refractivity contribution < 1.29 is 44.1 Å². The summed E-state index contributed by atoms with van der Waals surface area (Å²) in [4.78, 5) is 78.3. The van der Waals surface area contributed by atoms with E-state index in [1.807, 2.05) is 0 Å². The third-order valence-electron chi connectivity index (χ3n) is 5.22. The lowest BCUT2D eigenvalue weighted by atomic mass is 10.0. The fourth-order valence-electron chi connectivity index (χ4n) is 3.29. The molecule has 0 aliphatic heterocycles. The van der Waals surface area contributed by atoms with Crippen LogP contribution >= 0.6 is 0 Å². The molecule has 1 heterocycles. The van der Waals surface area contributed by atoms with Crippen LogP contribution in [0.15, 0.2) is 12.5 Å². The van der Waals surface area contributed by atoms with E-state index in [9.17, 15) is 33.9 Å². The number of aromatic amines is 1. The average molecular weight is 527 g/mol. The smallest absolute Gasteiger partial charge is 0.326 e. The maximum absolute atomic E-state index is 13.0. The molecule has 15 nitrogen and oxygen atoms in total. The van der Waals surface area contributed by atoms with Crippen LogP contribution in [0.25, 0.3) is 0 Å². The highest BCUT2D eigenvalue weighted by Crippen LogP contribution is 2.09. The first kappa shape index (κ1) is 31.0. The summed E-state index contributed by atoms with van der Waals surface area (Å²) in [5.41, 5.74) is 6.14. The van der Waals surface area contributed by atoms with Crippen molar-refractivity contribution in [3.8, 4) is 0 Å². The van der Waals surface area contributed by atoms with Gasteiger partial charge in [0.15, 0.2) is 0 Å². The van der Waals surface area contributed by atoms with Crippen molar-refractivity contribution >= 4 is 35.6 Å². The summed E-state index contributed by atoms with van der Waals surface area (Å²) in [6.45, 7) is 3.55. The molecule has 0 saturated carbocycles. The summed E-state index contributed by atoms with van der Waals surface area (Å²) in [5.74, 6) is -6.33. The molecule has 37 heavy (non-hydrogen) atoms. The Morgan fingerprint density at radius 3 is 1.92 bits per heavy atom. The first-order chi connectivity index (χ1) is 17.3. The lowest BCUT2D eigenvalue weighted by Gasteiger charge is -2.26. The van der Waals surface area contributed by atoms with Gasteiger partial charge in [0.25, 0.3) is 0 Å². The first-order valence-electron chi connectivity index (χ1n) is 11.6. The Morgan fingerprint density at radius 1 is 0.865 bits per heavy atom. The molecule has 0 aliphatic carbocycles. The van der Waals surface area contributed by atoms with Crippen molar-refractivity contribution in [2.75, 3.05) is 0 Å². The second-order valence-corrected chi connectivity index (χ2v) is 8.90. The van der Waals surface area contributed by atoms with Crippen molar-refractivity contribution in [1.29, 1.82) is 0 Å². The molecule has 3 amide bonds. The van der Waals surface area contributed by atoms with Crippen LogP contribution in [0.4, 0.5) is 0 Å². The van der Waals surface area contributed by atoms with E-state index < -0.39 is 66.2 Å². The van der Waals surface area contributed by atoms with Gasteiger partial charge in [-0.25, -0.2) is 9.78 Å². The molecule has 1 rings (SSSR count). The second kappa shape index (κ2) is 15.2. The number of nitrogens with two attached hydrogens (primary N) is 1. The van der Waals surface area contributed by atoms with Gasteiger partial charge in [0, 0.05) is 31.2 Å². The van der Waals surface area contributed by atoms with Crippen LogP contribution in [-0.4, -0.2) is 85.1 Å². The molecule has 0 aliphatic rings. The molecular weight excluding hydrogens is 492 g/mol. The zero-order chi connectivity index (χ0) is 28.1. The Balaban J connectivity index is 2.99. The number of carbonyl (C=O) groups excluding carboxylic acids is 3. The summed E-state index contributed by atoms with van der Waals surface area (Å²) in [6, 6.07) is -5.16. The summed E-state index contributed by atoms with van der Waals surface area (Å²) in [7, 11) is 0. The van der Waals surface area contributed by atoms with Gasteiger partial charge in [-0.3, -0.25) is 24.0 Å². The van der Waals surface area contributed by atoms with Crippen molar-refractivity contribution in [2.24, 2.45) is 11.7 Å². The van der Waals surface area contributed by atoms with Crippen LogP contribution in [0, 0.1) is 5.92 Å². The van der Waals surface area contributed by atoms with Gasteiger partial charge in [-0.2, -0.15) is 0 Å². The molecule has 0 bridgehead atoms. The number of carboxylic acid groups (broad SMARTS) is 3. The topological polar surface area (TPSA) is 254 Å². The minimum absolute atomic E-state index is 0.0883. The molecule has 206 valence electrons. The molecule has 9 N–H and O–H groups in total. The van der Waals surface area contributed by atoms with E-state index in [2.05, 4.69) is 25.9 Å². The third kappa shape index (κ3) is 12.0. The second-order valence-electron chi connectivity index (χ2n) is 8.90. The number of aromatic nitrogens is 2. The number of hydrogen-bond donors (Lipinski definition) is 8. The largest absolute Gasteiger partial charge is 0.481 e. The van der Waals surface area contributed by atoms with E-state index >= 15 is 0 Å². The van der Waals surface area contributed by atoms with E-state index in [0.29, 0.717) is 5.69 Å². The summed E-state index contributed by atoms with van der Waals surface area (Å²) < 4.78 is 0. The highest BCUT2D eigenvalue weighted by molar-refractivity contribution is 5.94. The zero-order valence-electron chi connectivity index (χ0n) is 20.6. The number of nitrogens with zero attached hydrogens (tertiary/aromatic N) is 1. The average Bonchev–Trinajstić information content (AvgIpc) is 3.31. The van der Waals surface area contributed by atoms with Gasteiger partial charge < -0.3 is 42.0 Å². The van der Waals surface area contributed by atoms with E-state index in [-0.39, 0.29) is 38.0 Å². The van der Waals surface area contributed by atoms with E-state index in [0.717, 1.165) is 0 Å². The highest BCUT2D eigenvalue weighted by atomic mass is 16.4. The number of nitrogens with one attached hydrogen (secondary N) is 4. The van der Waals surface area contributed by atoms with Gasteiger partial charge in [0.1, 0.15) is 18.1 Å². The quantitative estimate of drug-likeness (QED) is 0.117. The Morgan fingerprint density at radius 2 is 1.41 bits per heavy atom. The molecule has 0 aromatic carbocycles. The Hall–Kier alpha value is -4.01. The molecule has 0 fully saturated rings. The van der Waals surface area contributed by atoms with Crippen LogP contribution in [0.3, 0.4) is 0 Å². The Labute approximate surface area is 212 Å². The van der Waals surface area contributed by atoms with Crippen molar-refractivity contribution in [3.05, 3.63) is 18.2 Å². The van der Waals surface area contributed by atoms with Gasteiger partial charge in [-0.1, -0.05) is 13.8 Å². The van der Waals surface area contributed by atoms with Crippen LogP contribution in [-0.2, 0) is 35.2 Å². The number of rotatable bonds is 17. The standard InChI is InChI=1S/C22H34N6O9/c1-11(2)7-15(21(35)28-16(22(36)37)8-12-9-24-10-25-12)27-20(34)14(4-6-18(31)32)26-19(33)13(23)3-5-17(29)30/h9-11,13-16H,3-8,23H2,1-2H3,(H,24,25)(H,26,33)(H,27,34)(H,28,35)(H,29,30)(H,31,32)(H,36,37). The molecule has 1 aromatic rings. The van der Waals surface area contributed by atoms with Crippen LogP contribution in [0.1, 0.15) is 51.6 Å². The first-order valence-corrected chi connectivity index (χ1v) is 11.6. The molecule has 0 spiro atoms. The third-order valence-corrected chi connectivity index (χ3v) is 5.22. The zero-order valence-corrected chi connectivity index (χ0v) is 20.6. The number of imidazole rings is 1. The highest BCUT2D eigenvalue weighted by Gasteiger charge is 2.31. The molecule has 0 saturated heterocycles. The summed E-state index contributed by atoms with van der Waals surface area (Å²) in [6.07, 6.45) is 1.38. The van der Waals surface area contributed by atoms with E-state index in [1.54, 1.807) is 13.8 Å². The number of aliphatic carboxylic acids is 3. The van der Waals surface area contributed by atoms with E-state index in [4.69, 9.17) is 15.9 Å². The predicted molar refractivity (Wildman–Crippen MR) is 127 cm³/mol. The Kier molecular flexibility index (Phi) is 12.7. The number of H-pyrrole nitrogens is 1. The monoisotopic (exact) mass is 526 g/mol. The fourth-order valence-corrected chi connectivity index (χ4v) is 3.29. The lowest BCUT2D eigenvalue weighted by molar-refractivity contribution is -0.142. The lowest BCUT2D eigenvalue weighted by Crippen LogP contribution is -2.57. The normalized spacial score (nSPS) is 14.2. The molecule has 1 aromatic heterocycles. The summed E-state index contributed by atoms with van der Waals surface area (Å²) in [5, 5.41) is 34.4. The van der Waals surface area contributed by atoms with Gasteiger partial charge >= 0.3 is 17.9 Å². The van der Waals surface area contributed by atoms with E-state index in [1.165, 1.54) is 12.5 Å². The van der Waals surface area contributed by atoms with Crippen molar-refractivity contribution in [3.63, 3.8) is 0 Å². The Bertz CT molecular complexity index is 950. The van der Waals surface area contributed by atoms with Crippen LogP contribution in [0.2, 0.25) is 0 Å². The molecule has 15 heteroatoms. The molecule has 4 unspecified atom stereocenters.